The maximum Gasteiger partial charge on any atom is 0.276 e. The van der Waals surface area contributed by atoms with Crippen molar-refractivity contribution in [1.29, 1.82) is 0 Å². The third-order valence-electron chi connectivity index (χ3n) is 4.86. The number of rotatable bonds is 6. The number of nitro benzene ring substituents is 1. The number of para-hydroxylation sites is 1. The van der Waals surface area contributed by atoms with Crippen LogP contribution in [0.5, 0.6) is 5.75 Å². The van der Waals surface area contributed by atoms with E-state index in [2.05, 4.69) is 0 Å². The Hall–Kier alpha value is -2.47. The molecule has 0 radical (unpaired) electrons. The average Bonchev–Trinajstić information content (AvgIpc) is 3.12. The number of aromatic hydroxyl groups is 1. The smallest absolute Gasteiger partial charge is 0.276 e. The molecule has 132 valence electrons. The molecule has 2 aromatic rings. The zero-order chi connectivity index (χ0) is 17.8. The van der Waals surface area contributed by atoms with Crippen LogP contribution < -0.4 is 0 Å². The van der Waals surface area contributed by atoms with Crippen molar-refractivity contribution in [3.8, 4) is 5.75 Å². The number of nitro groups is 1. The number of phenolic OH excluding ortho intramolecular Hbond substituents is 1. The fourth-order valence-electron chi connectivity index (χ4n) is 3.52. The zero-order valence-electron chi connectivity index (χ0n) is 13.9. The van der Waals surface area contributed by atoms with E-state index in [0.29, 0.717) is 6.54 Å². The maximum atomic E-state index is 14.3. The van der Waals surface area contributed by atoms with Crippen molar-refractivity contribution in [3.63, 3.8) is 0 Å². The molecule has 1 aliphatic rings. The SMILES string of the molecule is O=[N+]([O-])c1cccc(F)c1CN(Cc1ccccc1O)C1CCCC1. The van der Waals surface area contributed by atoms with Crippen molar-refractivity contribution in [3.05, 3.63) is 69.5 Å². The van der Waals surface area contributed by atoms with Crippen LogP contribution in [0.25, 0.3) is 0 Å². The third-order valence-corrected chi connectivity index (χ3v) is 4.86. The molecule has 0 atom stereocenters. The van der Waals surface area contributed by atoms with Crippen LogP contribution in [0.3, 0.4) is 0 Å². The van der Waals surface area contributed by atoms with Crippen molar-refractivity contribution < 1.29 is 14.4 Å². The molecule has 0 aromatic heterocycles. The van der Waals surface area contributed by atoms with Crippen LogP contribution in [0, 0.1) is 15.9 Å². The molecular weight excluding hydrogens is 323 g/mol. The molecule has 3 rings (SSSR count). The Kier molecular flexibility index (Phi) is 5.28. The third kappa shape index (κ3) is 3.96. The predicted octanol–water partition coefficient (Wildman–Crippen LogP) is 4.38. The lowest BCUT2D eigenvalue weighted by molar-refractivity contribution is -0.386. The van der Waals surface area contributed by atoms with Gasteiger partial charge in [-0.15, -0.1) is 0 Å². The van der Waals surface area contributed by atoms with Crippen LogP contribution >= 0.6 is 0 Å². The van der Waals surface area contributed by atoms with Crippen molar-refractivity contribution >= 4 is 5.69 Å². The Morgan fingerprint density at radius 2 is 1.84 bits per heavy atom. The van der Waals surface area contributed by atoms with E-state index in [-0.39, 0.29) is 29.6 Å². The highest BCUT2D eigenvalue weighted by Crippen LogP contribution is 2.31. The number of halogens is 1. The van der Waals surface area contributed by atoms with Gasteiger partial charge in [-0.05, 0) is 25.0 Å². The average molecular weight is 344 g/mol. The molecule has 0 aliphatic heterocycles. The second-order valence-corrected chi connectivity index (χ2v) is 6.47. The van der Waals surface area contributed by atoms with Gasteiger partial charge in [0.15, 0.2) is 0 Å². The summed E-state index contributed by atoms with van der Waals surface area (Å²) in [6.07, 6.45) is 4.16. The monoisotopic (exact) mass is 344 g/mol. The Morgan fingerprint density at radius 1 is 1.12 bits per heavy atom. The highest BCUT2D eigenvalue weighted by molar-refractivity contribution is 5.41. The van der Waals surface area contributed by atoms with Crippen LogP contribution in [0.15, 0.2) is 42.5 Å². The Balaban J connectivity index is 1.91. The van der Waals surface area contributed by atoms with Crippen LogP contribution in [0.1, 0.15) is 36.8 Å². The van der Waals surface area contributed by atoms with Crippen LogP contribution in [-0.4, -0.2) is 21.0 Å². The summed E-state index contributed by atoms with van der Waals surface area (Å²) in [6.45, 7) is 0.588. The van der Waals surface area contributed by atoms with E-state index in [1.165, 1.54) is 18.2 Å². The number of hydrogen-bond acceptors (Lipinski definition) is 4. The summed E-state index contributed by atoms with van der Waals surface area (Å²) in [5.74, 6) is -0.372. The number of nitrogens with zero attached hydrogens (tertiary/aromatic N) is 2. The van der Waals surface area contributed by atoms with Crippen molar-refractivity contribution in [1.82, 2.24) is 4.90 Å². The molecule has 2 aromatic carbocycles. The van der Waals surface area contributed by atoms with Crippen molar-refractivity contribution in [2.24, 2.45) is 0 Å². The van der Waals surface area contributed by atoms with E-state index in [1.807, 2.05) is 17.0 Å². The molecule has 0 bridgehead atoms. The van der Waals surface area contributed by atoms with Gasteiger partial charge in [0.25, 0.3) is 5.69 Å². The van der Waals surface area contributed by atoms with Gasteiger partial charge >= 0.3 is 0 Å². The molecule has 1 fully saturated rings. The molecule has 0 spiro atoms. The van der Waals surface area contributed by atoms with Gasteiger partial charge in [-0.25, -0.2) is 4.39 Å². The van der Waals surface area contributed by atoms with Gasteiger partial charge in [0.05, 0.1) is 10.5 Å². The Bertz CT molecular complexity index is 760. The van der Waals surface area contributed by atoms with Gasteiger partial charge in [0.1, 0.15) is 11.6 Å². The first-order valence-corrected chi connectivity index (χ1v) is 8.49. The van der Waals surface area contributed by atoms with Gasteiger partial charge in [-0.3, -0.25) is 15.0 Å². The maximum absolute atomic E-state index is 14.3. The number of benzene rings is 2. The van der Waals surface area contributed by atoms with E-state index in [0.717, 1.165) is 31.2 Å². The van der Waals surface area contributed by atoms with Gasteiger partial charge in [-0.2, -0.15) is 0 Å². The summed E-state index contributed by atoms with van der Waals surface area (Å²) >= 11 is 0. The second-order valence-electron chi connectivity index (χ2n) is 6.47. The molecule has 6 heteroatoms. The van der Waals surface area contributed by atoms with Gasteiger partial charge < -0.3 is 5.11 Å². The molecule has 1 aliphatic carbocycles. The van der Waals surface area contributed by atoms with E-state index < -0.39 is 10.7 Å². The first kappa shape index (κ1) is 17.4. The molecule has 0 heterocycles. The first-order chi connectivity index (χ1) is 12.1. The minimum atomic E-state index is -0.561. The van der Waals surface area contributed by atoms with E-state index in [4.69, 9.17) is 0 Å². The fraction of sp³-hybridized carbons (Fsp3) is 0.368. The topological polar surface area (TPSA) is 66.6 Å². The summed E-state index contributed by atoms with van der Waals surface area (Å²) in [4.78, 5) is 12.8. The molecule has 0 saturated heterocycles. The lowest BCUT2D eigenvalue weighted by Gasteiger charge is -2.29. The highest BCUT2D eigenvalue weighted by Gasteiger charge is 2.27. The molecule has 5 nitrogen and oxygen atoms in total. The first-order valence-electron chi connectivity index (χ1n) is 8.49. The van der Waals surface area contributed by atoms with Gasteiger partial charge in [0, 0.05) is 30.8 Å². The fourth-order valence-corrected chi connectivity index (χ4v) is 3.52. The molecule has 1 saturated carbocycles. The van der Waals surface area contributed by atoms with E-state index in [9.17, 15) is 19.6 Å². The van der Waals surface area contributed by atoms with Crippen LogP contribution in [0.4, 0.5) is 10.1 Å². The second kappa shape index (κ2) is 7.61. The zero-order valence-corrected chi connectivity index (χ0v) is 13.9. The summed E-state index contributed by atoms with van der Waals surface area (Å²) in [5.41, 5.74) is 0.656. The number of phenols is 1. The summed E-state index contributed by atoms with van der Waals surface area (Å²) in [5, 5.41) is 21.3. The van der Waals surface area contributed by atoms with E-state index >= 15 is 0 Å². The van der Waals surface area contributed by atoms with Crippen molar-refractivity contribution in [2.75, 3.05) is 0 Å². The number of hydrogen-bond donors (Lipinski definition) is 1. The highest BCUT2D eigenvalue weighted by atomic mass is 19.1. The van der Waals surface area contributed by atoms with Crippen LogP contribution in [0.2, 0.25) is 0 Å². The molecule has 0 unspecified atom stereocenters. The van der Waals surface area contributed by atoms with Crippen LogP contribution in [-0.2, 0) is 13.1 Å². The normalized spacial score (nSPS) is 15.0. The summed E-state index contributed by atoms with van der Waals surface area (Å²) in [7, 11) is 0. The molecular formula is C19H21FN2O3. The van der Waals surface area contributed by atoms with Gasteiger partial charge in [0.2, 0.25) is 0 Å². The lowest BCUT2D eigenvalue weighted by Crippen LogP contribution is -2.32. The minimum absolute atomic E-state index is 0.106. The molecule has 1 N–H and O–H groups in total. The lowest BCUT2D eigenvalue weighted by atomic mass is 10.1. The summed E-state index contributed by atoms with van der Waals surface area (Å²) < 4.78 is 14.3. The Labute approximate surface area is 145 Å². The van der Waals surface area contributed by atoms with Gasteiger partial charge in [-0.1, -0.05) is 37.1 Å². The summed E-state index contributed by atoms with van der Waals surface area (Å²) in [6, 6.07) is 11.2. The largest absolute Gasteiger partial charge is 0.508 e. The standard InChI is InChI=1S/C19H21FN2O3/c20-17-9-5-10-18(22(24)25)16(17)13-21(15-7-2-3-8-15)12-14-6-1-4-11-19(14)23/h1,4-6,9-11,15,23H,2-3,7-8,12-13H2. The predicted molar refractivity (Wildman–Crippen MR) is 92.7 cm³/mol. The molecule has 0 amide bonds. The van der Waals surface area contributed by atoms with Crippen molar-refractivity contribution in [2.45, 2.75) is 44.8 Å². The molecule has 25 heavy (non-hydrogen) atoms. The Morgan fingerprint density at radius 3 is 2.52 bits per heavy atom. The quantitative estimate of drug-likeness (QED) is 0.624. The minimum Gasteiger partial charge on any atom is -0.508 e. The van der Waals surface area contributed by atoms with E-state index in [1.54, 1.807) is 12.1 Å².